The highest BCUT2D eigenvalue weighted by molar-refractivity contribution is 7.80. The lowest BCUT2D eigenvalue weighted by Gasteiger charge is -2.06. The molecule has 0 aliphatic rings. The molecule has 8 heteroatoms. The van der Waals surface area contributed by atoms with E-state index in [0.717, 1.165) is 0 Å². The Morgan fingerprint density at radius 3 is 2.06 bits per heavy atom. The highest BCUT2D eigenvalue weighted by atomic mass is 32.1. The highest BCUT2D eigenvalue weighted by Gasteiger charge is 1.98. The van der Waals surface area contributed by atoms with Gasteiger partial charge in [-0.3, -0.25) is 10.9 Å². The largest absolute Gasteiger partial charge is 0.364 e. The van der Waals surface area contributed by atoms with Crippen LogP contribution in [0.2, 0.25) is 0 Å². The van der Waals surface area contributed by atoms with Crippen LogP contribution in [0.25, 0.3) is 0 Å². The van der Waals surface area contributed by atoms with Crippen molar-refractivity contribution in [2.45, 2.75) is 13.8 Å². The third-order valence-electron chi connectivity index (χ3n) is 1.81. The third kappa shape index (κ3) is 7.69. The number of hydrogen-bond acceptors (Lipinski definition) is 4. The summed E-state index contributed by atoms with van der Waals surface area (Å²) in [4.78, 5) is 0. The zero-order chi connectivity index (χ0) is 14.0. The molecule has 0 aromatic carbocycles. The molecule has 0 bridgehead atoms. The van der Waals surface area contributed by atoms with E-state index in [1.807, 2.05) is 13.8 Å². The summed E-state index contributed by atoms with van der Waals surface area (Å²) < 4.78 is 0. The first-order valence-electron chi connectivity index (χ1n) is 5.22. The summed E-state index contributed by atoms with van der Waals surface area (Å²) >= 11 is 9.88. The van der Waals surface area contributed by atoms with Crippen LogP contribution in [0, 0.1) is 0 Å². The van der Waals surface area contributed by atoms with E-state index in [2.05, 4.69) is 38.3 Å². The molecule has 0 aromatic heterocycles. The van der Waals surface area contributed by atoms with Crippen LogP contribution in [0.15, 0.2) is 22.9 Å². The second-order valence-corrected chi connectivity index (χ2v) is 4.01. The lowest BCUT2D eigenvalue weighted by atomic mass is 10.3. The van der Waals surface area contributed by atoms with Crippen LogP contribution in [0.4, 0.5) is 0 Å². The first-order valence-corrected chi connectivity index (χ1v) is 6.04. The number of hydrogen-bond donors (Lipinski definition) is 4. The van der Waals surface area contributed by atoms with Crippen molar-refractivity contribution in [3.63, 3.8) is 0 Å². The maximum absolute atomic E-state index is 4.99. The molecule has 0 aliphatic carbocycles. The molecule has 0 aliphatic heterocycles. The maximum Gasteiger partial charge on any atom is 0.187 e. The molecule has 6 nitrogen and oxygen atoms in total. The molecule has 4 N–H and O–H groups in total. The van der Waals surface area contributed by atoms with Crippen molar-refractivity contribution in [3.05, 3.63) is 12.7 Å². The quantitative estimate of drug-likeness (QED) is 0.255. The topological polar surface area (TPSA) is 72.8 Å². The Labute approximate surface area is 118 Å². The van der Waals surface area contributed by atoms with E-state index >= 15 is 0 Å². The molecule has 100 valence electrons. The standard InChI is InChI=1S/C10H18N6S2/c1-5-6-12-10(18)16-14-8(3)7(2)13-15-9(17)11-4/h5H,1,6H2,2-4H3,(H2,11,15,17)(H2,12,16,18)/b13-7+,14-8+. The Hall–Kier alpha value is -1.54. The van der Waals surface area contributed by atoms with Crippen molar-refractivity contribution >= 4 is 46.1 Å². The van der Waals surface area contributed by atoms with Crippen LogP contribution in [0.3, 0.4) is 0 Å². The Morgan fingerprint density at radius 1 is 1.11 bits per heavy atom. The van der Waals surface area contributed by atoms with E-state index in [4.69, 9.17) is 24.4 Å². The molecule has 0 aromatic rings. The van der Waals surface area contributed by atoms with E-state index in [9.17, 15) is 0 Å². The van der Waals surface area contributed by atoms with Crippen LogP contribution in [-0.2, 0) is 0 Å². The van der Waals surface area contributed by atoms with Gasteiger partial charge in [0.2, 0.25) is 0 Å². The van der Waals surface area contributed by atoms with Gasteiger partial charge in [-0.2, -0.15) is 10.2 Å². The van der Waals surface area contributed by atoms with Gasteiger partial charge in [0.15, 0.2) is 10.2 Å². The maximum atomic E-state index is 4.99. The van der Waals surface area contributed by atoms with Crippen molar-refractivity contribution in [3.8, 4) is 0 Å². The minimum atomic E-state index is 0.431. The predicted octanol–water partition coefficient (Wildman–Crippen LogP) is 0.482. The van der Waals surface area contributed by atoms with E-state index in [1.54, 1.807) is 13.1 Å². The fraction of sp³-hybridized carbons (Fsp3) is 0.400. The van der Waals surface area contributed by atoms with Crippen molar-refractivity contribution in [1.82, 2.24) is 21.5 Å². The third-order valence-corrected chi connectivity index (χ3v) is 2.34. The lowest BCUT2D eigenvalue weighted by molar-refractivity contribution is 0.936. The smallest absolute Gasteiger partial charge is 0.187 e. The lowest BCUT2D eigenvalue weighted by Crippen LogP contribution is -2.33. The first-order chi connectivity index (χ1) is 8.51. The Balaban J connectivity index is 4.27. The molecule has 18 heavy (non-hydrogen) atoms. The highest BCUT2D eigenvalue weighted by Crippen LogP contribution is 1.82. The molecule has 0 radical (unpaired) electrons. The van der Waals surface area contributed by atoms with Crippen molar-refractivity contribution < 1.29 is 0 Å². The number of hydrazone groups is 2. The molecule has 0 unspecified atom stereocenters. The first kappa shape index (κ1) is 16.5. The summed E-state index contributed by atoms with van der Waals surface area (Å²) in [7, 11) is 1.71. The predicted molar refractivity (Wildman–Crippen MR) is 84.9 cm³/mol. The molecule has 0 fully saturated rings. The fourth-order valence-electron chi connectivity index (χ4n) is 0.691. The van der Waals surface area contributed by atoms with E-state index in [-0.39, 0.29) is 0 Å². The van der Waals surface area contributed by atoms with Gasteiger partial charge in [-0.25, -0.2) is 0 Å². The minimum absolute atomic E-state index is 0.431. The summed E-state index contributed by atoms with van der Waals surface area (Å²) in [6.45, 7) is 7.79. The molecule has 0 saturated carbocycles. The van der Waals surface area contributed by atoms with Crippen molar-refractivity contribution in [2.24, 2.45) is 10.2 Å². The Morgan fingerprint density at radius 2 is 1.61 bits per heavy atom. The van der Waals surface area contributed by atoms with Gasteiger partial charge in [0.1, 0.15) is 0 Å². The summed E-state index contributed by atoms with van der Waals surface area (Å²) in [5.74, 6) is 0. The van der Waals surface area contributed by atoms with Crippen LogP contribution in [0.5, 0.6) is 0 Å². The second kappa shape index (κ2) is 9.49. The SMILES string of the molecule is C=CCNC(=S)N/N=C(C)/C(C)=N/NC(=S)NC. The van der Waals surface area contributed by atoms with Crippen LogP contribution in [0.1, 0.15) is 13.8 Å². The van der Waals surface area contributed by atoms with Crippen LogP contribution in [-0.4, -0.2) is 35.2 Å². The van der Waals surface area contributed by atoms with Gasteiger partial charge in [0.05, 0.1) is 11.4 Å². The number of rotatable bonds is 5. The van der Waals surface area contributed by atoms with Gasteiger partial charge >= 0.3 is 0 Å². The summed E-state index contributed by atoms with van der Waals surface area (Å²) in [5, 5.41) is 14.6. The average molecular weight is 286 g/mol. The molecule has 0 atom stereocenters. The van der Waals surface area contributed by atoms with Crippen molar-refractivity contribution in [1.29, 1.82) is 0 Å². The van der Waals surface area contributed by atoms with Gasteiger partial charge in [0, 0.05) is 13.6 Å². The average Bonchev–Trinajstić information content (AvgIpc) is 2.38. The van der Waals surface area contributed by atoms with E-state index in [0.29, 0.717) is 28.2 Å². The van der Waals surface area contributed by atoms with E-state index < -0.39 is 0 Å². The molecule has 0 amide bonds. The normalized spacial score (nSPS) is 11.5. The van der Waals surface area contributed by atoms with Crippen LogP contribution >= 0.6 is 24.4 Å². The van der Waals surface area contributed by atoms with Gasteiger partial charge in [-0.05, 0) is 38.3 Å². The summed E-state index contributed by atoms with van der Waals surface area (Å²) in [5.41, 5.74) is 6.77. The second-order valence-electron chi connectivity index (χ2n) is 3.20. The molecular weight excluding hydrogens is 268 g/mol. The molecule has 0 spiro atoms. The van der Waals surface area contributed by atoms with Crippen molar-refractivity contribution in [2.75, 3.05) is 13.6 Å². The Bertz CT molecular complexity index is 375. The number of nitrogens with one attached hydrogen (secondary N) is 4. The summed E-state index contributed by atoms with van der Waals surface area (Å²) in [6, 6.07) is 0. The summed E-state index contributed by atoms with van der Waals surface area (Å²) in [6.07, 6.45) is 1.71. The van der Waals surface area contributed by atoms with Gasteiger partial charge < -0.3 is 10.6 Å². The van der Waals surface area contributed by atoms with Gasteiger partial charge in [-0.15, -0.1) is 6.58 Å². The number of nitrogens with zero attached hydrogens (tertiary/aromatic N) is 2. The van der Waals surface area contributed by atoms with Gasteiger partial charge in [0.25, 0.3) is 0 Å². The van der Waals surface area contributed by atoms with Crippen LogP contribution < -0.4 is 21.5 Å². The fourth-order valence-corrected chi connectivity index (χ4v) is 0.866. The molecule has 0 rings (SSSR count). The molecular formula is C10H18N6S2. The zero-order valence-corrected chi connectivity index (χ0v) is 12.3. The molecule has 0 saturated heterocycles. The van der Waals surface area contributed by atoms with E-state index in [1.165, 1.54) is 0 Å². The van der Waals surface area contributed by atoms with Gasteiger partial charge in [-0.1, -0.05) is 6.08 Å². The molecule has 0 heterocycles. The minimum Gasteiger partial charge on any atom is -0.364 e. The Kier molecular flexibility index (Phi) is 8.67. The zero-order valence-electron chi connectivity index (χ0n) is 10.7. The number of thiocarbonyl (C=S) groups is 2. The monoisotopic (exact) mass is 286 g/mol.